The normalized spacial score (nSPS) is 2.57. The van der Waals surface area contributed by atoms with Crippen LogP contribution in [0.4, 0.5) is 0 Å². The molecule has 0 nitrogen and oxygen atoms in total. The van der Waals surface area contributed by atoms with Gasteiger partial charge in [-0.2, -0.15) is 0 Å². The number of rotatable bonds is 0. The molecule has 0 saturated carbocycles. The summed E-state index contributed by atoms with van der Waals surface area (Å²) in [5.74, 6) is 0. The molecule has 0 aromatic rings. The Morgan fingerprint density at radius 3 is 1.14 bits per heavy atom. The second kappa shape index (κ2) is 40.7. The number of hydrogen-bond acceptors (Lipinski definition) is 0. The maximum Gasteiger partial charge on any atom is 0.0441 e. The molecule has 40 valence electrons. The van der Waals surface area contributed by atoms with Gasteiger partial charge in [-0.25, -0.2) is 0 Å². The quantitative estimate of drug-likeness (QED) is 0.339. The van der Waals surface area contributed by atoms with Crippen LogP contribution in [0.3, 0.4) is 0 Å². The van der Waals surface area contributed by atoms with Gasteiger partial charge in [-0.15, -0.1) is 0 Å². The zero-order chi connectivity index (χ0) is 2.71. The standard InChI is InChI=1S/C2H7P.CH3.B.W.Y/c1-3-2;;;;/h3H,1-2H3;1H3;;;/q;-1;;;/p+1. The average Bonchev–Trinajstić information content (AvgIpc) is 0.918. The van der Waals surface area contributed by atoms with E-state index in [1.165, 1.54) is 0 Å². The molecule has 0 rings (SSSR count). The van der Waals surface area contributed by atoms with Crippen molar-refractivity contribution in [3.63, 3.8) is 0 Å². The Hall–Kier alpha value is 2.29. The van der Waals surface area contributed by atoms with Crippen LogP contribution in [0.2, 0.25) is 0 Å². The SMILES string of the molecule is C[PH2+]C.[B].[CH3-].[W].[Y]. The molecule has 4 heteroatoms. The fourth-order valence-electron chi connectivity index (χ4n) is 0. The Kier molecular flexibility index (Phi) is 202. The topological polar surface area (TPSA) is 0 Å². The van der Waals surface area contributed by atoms with Crippen LogP contribution in [0.1, 0.15) is 0 Å². The van der Waals surface area contributed by atoms with E-state index in [1.54, 1.807) is 0 Å². The fourth-order valence-corrected chi connectivity index (χ4v) is 0. The third-order valence-corrected chi connectivity index (χ3v) is 0. The Labute approximate surface area is 90.5 Å². The van der Waals surface area contributed by atoms with Crippen molar-refractivity contribution in [3.05, 3.63) is 7.43 Å². The fraction of sp³-hybridized carbons (Fsp3) is 0.667. The van der Waals surface area contributed by atoms with Gasteiger partial charge in [0.05, 0.1) is 0 Å². The summed E-state index contributed by atoms with van der Waals surface area (Å²) in [6.07, 6.45) is 0. The third kappa shape index (κ3) is 62.6. The van der Waals surface area contributed by atoms with E-state index in [2.05, 4.69) is 13.3 Å². The Balaban J connectivity index is -0.00000000333. The molecule has 4 radical (unpaired) electrons. The molecule has 0 atom stereocenters. The summed E-state index contributed by atoms with van der Waals surface area (Å²) in [5, 5.41) is 0. The van der Waals surface area contributed by atoms with Crippen molar-refractivity contribution < 1.29 is 53.8 Å². The Morgan fingerprint density at radius 1 is 1.14 bits per heavy atom. The van der Waals surface area contributed by atoms with Crippen LogP contribution in [0.25, 0.3) is 0 Å². The second-order valence-electron chi connectivity index (χ2n) is 0.577. The smallest absolute Gasteiger partial charge is 0.0441 e. The van der Waals surface area contributed by atoms with Crippen molar-refractivity contribution >= 4 is 17.0 Å². The van der Waals surface area contributed by atoms with Crippen molar-refractivity contribution in [2.24, 2.45) is 0 Å². The van der Waals surface area contributed by atoms with Crippen LogP contribution in [0.15, 0.2) is 0 Å². The van der Waals surface area contributed by atoms with E-state index in [0.29, 0.717) is 0 Å². The van der Waals surface area contributed by atoms with Crippen LogP contribution in [0.5, 0.6) is 0 Å². The summed E-state index contributed by atoms with van der Waals surface area (Å²) in [7, 11) is 0.750. The molecule has 0 aliphatic heterocycles. The molecule has 0 aliphatic rings. The van der Waals surface area contributed by atoms with E-state index in [4.69, 9.17) is 0 Å². The minimum Gasteiger partial charge on any atom is -0.358 e. The molecule has 0 aliphatic carbocycles. The number of hydrogen-bond donors (Lipinski definition) is 0. The van der Waals surface area contributed by atoms with Gasteiger partial charge in [-0.05, 0) is 8.58 Å². The first-order chi connectivity index (χ1) is 1.41. The van der Waals surface area contributed by atoms with Gasteiger partial charge in [-0.3, -0.25) is 0 Å². The van der Waals surface area contributed by atoms with Gasteiger partial charge in [0.2, 0.25) is 0 Å². The summed E-state index contributed by atoms with van der Waals surface area (Å²) >= 11 is 0. The first kappa shape index (κ1) is 34.7. The molecule has 0 fully saturated rings. The van der Waals surface area contributed by atoms with Crippen LogP contribution in [-0.2, 0) is 53.8 Å². The van der Waals surface area contributed by atoms with Gasteiger partial charge in [0.25, 0.3) is 0 Å². The minimum absolute atomic E-state index is 0. The van der Waals surface area contributed by atoms with Gasteiger partial charge in [-0.1, -0.05) is 0 Å². The molecular weight excluding hydrogens is 351 g/mol. The monoisotopic (exact) mass is 362 g/mol. The molecule has 0 spiro atoms. The van der Waals surface area contributed by atoms with Crippen molar-refractivity contribution in [2.75, 3.05) is 13.3 Å². The third-order valence-electron chi connectivity index (χ3n) is 0. The molecule has 0 amide bonds. The van der Waals surface area contributed by atoms with E-state index >= 15 is 0 Å². The zero-order valence-electron chi connectivity index (χ0n) is 5.14. The van der Waals surface area contributed by atoms with Gasteiger partial charge >= 0.3 is 0 Å². The zero-order valence-corrected chi connectivity index (χ0v) is 12.1. The molecule has 0 unspecified atom stereocenters. The minimum atomic E-state index is 0. The molecule has 0 heterocycles. The van der Waals surface area contributed by atoms with E-state index in [1.807, 2.05) is 0 Å². The van der Waals surface area contributed by atoms with E-state index in [9.17, 15) is 0 Å². The maximum atomic E-state index is 2.21. The van der Waals surface area contributed by atoms with E-state index in [-0.39, 0.29) is 69.6 Å². The predicted octanol–water partition coefficient (Wildman–Crippen LogP) is 0.721. The molecular formula is C3H11BPWY. The van der Waals surface area contributed by atoms with Crippen molar-refractivity contribution in [1.29, 1.82) is 0 Å². The van der Waals surface area contributed by atoms with Gasteiger partial charge in [0.1, 0.15) is 0 Å². The van der Waals surface area contributed by atoms with Crippen molar-refractivity contribution in [1.82, 2.24) is 0 Å². The summed E-state index contributed by atoms with van der Waals surface area (Å²) in [6.45, 7) is 4.42. The van der Waals surface area contributed by atoms with Crippen molar-refractivity contribution in [3.8, 4) is 0 Å². The molecule has 0 aromatic carbocycles. The first-order valence-corrected chi connectivity index (χ1v) is 3.46. The summed E-state index contributed by atoms with van der Waals surface area (Å²) in [6, 6.07) is 0. The molecule has 0 bridgehead atoms. The van der Waals surface area contributed by atoms with Gasteiger partial charge in [0, 0.05) is 75.5 Å². The maximum absolute atomic E-state index is 2.21. The van der Waals surface area contributed by atoms with E-state index < -0.39 is 0 Å². The average molecular weight is 362 g/mol. The Morgan fingerprint density at radius 2 is 1.14 bits per heavy atom. The summed E-state index contributed by atoms with van der Waals surface area (Å²) in [5.41, 5.74) is 0. The van der Waals surface area contributed by atoms with Crippen LogP contribution < -0.4 is 0 Å². The van der Waals surface area contributed by atoms with Crippen LogP contribution in [0, 0.1) is 7.43 Å². The van der Waals surface area contributed by atoms with Gasteiger partial charge in [0.15, 0.2) is 0 Å². The molecule has 0 aromatic heterocycles. The summed E-state index contributed by atoms with van der Waals surface area (Å²) < 4.78 is 0. The molecule has 0 N–H and O–H groups in total. The largest absolute Gasteiger partial charge is 0.358 e. The van der Waals surface area contributed by atoms with Crippen LogP contribution >= 0.6 is 8.58 Å². The van der Waals surface area contributed by atoms with Gasteiger partial charge < -0.3 is 7.43 Å². The molecule has 0 saturated heterocycles. The molecule has 7 heavy (non-hydrogen) atoms. The van der Waals surface area contributed by atoms with E-state index in [0.717, 1.165) is 8.58 Å². The second-order valence-corrected chi connectivity index (χ2v) is 1.73. The first-order valence-electron chi connectivity index (χ1n) is 1.15. The summed E-state index contributed by atoms with van der Waals surface area (Å²) in [4.78, 5) is 0. The van der Waals surface area contributed by atoms with Crippen LogP contribution in [-0.4, -0.2) is 21.7 Å². The Bertz CT molecular complexity index is 14.9. The van der Waals surface area contributed by atoms with Crippen molar-refractivity contribution in [2.45, 2.75) is 0 Å². The predicted molar refractivity (Wildman–Crippen MR) is 33.7 cm³/mol.